The van der Waals surface area contributed by atoms with E-state index in [0.717, 1.165) is 23.4 Å². The number of pyridine rings is 1. The second-order valence-corrected chi connectivity index (χ2v) is 7.22. The van der Waals surface area contributed by atoms with Crippen molar-refractivity contribution in [2.75, 3.05) is 12.0 Å². The molecule has 1 unspecified atom stereocenters. The number of hydrogen-bond donors (Lipinski definition) is 1. The molecule has 3 aromatic heterocycles. The molecule has 0 spiro atoms. The van der Waals surface area contributed by atoms with Crippen molar-refractivity contribution in [1.29, 1.82) is 0 Å². The van der Waals surface area contributed by atoms with Gasteiger partial charge in [0.2, 0.25) is 0 Å². The van der Waals surface area contributed by atoms with Crippen LogP contribution in [0.15, 0.2) is 65.3 Å². The molecule has 4 aromatic rings. The van der Waals surface area contributed by atoms with Crippen LogP contribution in [-0.2, 0) is 0 Å². The van der Waals surface area contributed by atoms with E-state index in [2.05, 4.69) is 20.7 Å². The van der Waals surface area contributed by atoms with Crippen molar-refractivity contribution in [1.82, 2.24) is 25.1 Å². The Balaban J connectivity index is 1.57. The third-order valence-corrected chi connectivity index (χ3v) is 5.01. The lowest BCUT2D eigenvalue weighted by molar-refractivity contribution is 0.0924. The minimum atomic E-state index is -0.301. The van der Waals surface area contributed by atoms with Gasteiger partial charge in [0.05, 0.1) is 6.04 Å². The van der Waals surface area contributed by atoms with Crippen molar-refractivity contribution >= 4 is 23.3 Å². The van der Waals surface area contributed by atoms with Gasteiger partial charge < -0.3 is 9.84 Å². The van der Waals surface area contributed by atoms with Crippen molar-refractivity contribution in [2.24, 2.45) is 0 Å². The highest BCUT2D eigenvalue weighted by Crippen LogP contribution is 2.22. The summed E-state index contributed by atoms with van der Waals surface area (Å²) in [5.74, 6) is 1.83. The molecule has 0 aliphatic carbocycles. The van der Waals surface area contributed by atoms with Gasteiger partial charge in [0.15, 0.2) is 22.9 Å². The highest BCUT2D eigenvalue weighted by atomic mass is 32.2. The third kappa shape index (κ3) is 3.77. The first kappa shape index (κ1) is 18.2. The SMILES string of the molecule is CSCCC(NC(=O)c1cc(-c2ccccc2)on1)c1nnc2ccccn12. The Morgan fingerprint density at radius 2 is 2.00 bits per heavy atom. The molecule has 0 aliphatic rings. The Hall–Kier alpha value is -3.13. The maximum atomic E-state index is 12.8. The highest BCUT2D eigenvalue weighted by molar-refractivity contribution is 7.98. The average Bonchev–Trinajstić information content (AvgIpc) is 3.39. The molecular formula is C20H19N5O2S. The summed E-state index contributed by atoms with van der Waals surface area (Å²) >= 11 is 1.71. The van der Waals surface area contributed by atoms with Crippen molar-refractivity contribution in [3.8, 4) is 11.3 Å². The summed E-state index contributed by atoms with van der Waals surface area (Å²) in [6, 6.07) is 16.6. The van der Waals surface area contributed by atoms with Gasteiger partial charge in [-0.3, -0.25) is 9.20 Å². The molecule has 142 valence electrons. The van der Waals surface area contributed by atoms with Crippen LogP contribution >= 0.6 is 11.8 Å². The fourth-order valence-corrected chi connectivity index (χ4v) is 3.42. The normalized spacial score (nSPS) is 12.2. The Bertz CT molecular complexity index is 1080. The minimum absolute atomic E-state index is 0.238. The molecule has 0 saturated carbocycles. The van der Waals surface area contributed by atoms with E-state index in [9.17, 15) is 4.79 Å². The number of carbonyl (C=O) groups excluding carboxylic acids is 1. The zero-order chi connectivity index (χ0) is 19.3. The van der Waals surface area contributed by atoms with Crippen molar-refractivity contribution in [3.05, 3.63) is 72.3 Å². The van der Waals surface area contributed by atoms with E-state index in [1.807, 2.05) is 65.4 Å². The van der Waals surface area contributed by atoms with Gasteiger partial charge in [-0.15, -0.1) is 10.2 Å². The summed E-state index contributed by atoms with van der Waals surface area (Å²) < 4.78 is 7.24. The van der Waals surface area contributed by atoms with Crippen LogP contribution in [-0.4, -0.2) is 37.7 Å². The predicted octanol–water partition coefficient (Wildman–Crippen LogP) is 3.61. The second kappa shape index (κ2) is 8.26. The van der Waals surface area contributed by atoms with Gasteiger partial charge in [0.25, 0.3) is 5.91 Å². The Morgan fingerprint density at radius 1 is 1.18 bits per heavy atom. The van der Waals surface area contributed by atoms with Gasteiger partial charge in [-0.1, -0.05) is 41.6 Å². The van der Waals surface area contributed by atoms with E-state index in [0.29, 0.717) is 11.6 Å². The van der Waals surface area contributed by atoms with Gasteiger partial charge in [-0.25, -0.2) is 0 Å². The number of nitrogens with one attached hydrogen (secondary N) is 1. The number of carbonyl (C=O) groups is 1. The van der Waals surface area contributed by atoms with Crippen molar-refractivity contribution < 1.29 is 9.32 Å². The molecule has 1 aromatic carbocycles. The van der Waals surface area contributed by atoms with Crippen LogP contribution in [0.25, 0.3) is 17.0 Å². The number of aromatic nitrogens is 4. The fraction of sp³-hybridized carbons (Fsp3) is 0.200. The first-order valence-corrected chi connectivity index (χ1v) is 10.3. The van der Waals surface area contributed by atoms with Crippen LogP contribution < -0.4 is 5.32 Å². The van der Waals surface area contributed by atoms with Gasteiger partial charge in [0.1, 0.15) is 0 Å². The maximum absolute atomic E-state index is 12.8. The fourth-order valence-electron chi connectivity index (χ4n) is 2.95. The lowest BCUT2D eigenvalue weighted by Gasteiger charge is -2.16. The largest absolute Gasteiger partial charge is 0.355 e. The van der Waals surface area contributed by atoms with Crippen LogP contribution in [0.3, 0.4) is 0 Å². The van der Waals surface area contributed by atoms with Gasteiger partial charge in [-0.05, 0) is 30.6 Å². The monoisotopic (exact) mass is 393 g/mol. The molecule has 3 heterocycles. The Morgan fingerprint density at radius 3 is 2.82 bits per heavy atom. The van der Waals surface area contributed by atoms with Crippen LogP contribution in [0.4, 0.5) is 0 Å². The minimum Gasteiger partial charge on any atom is -0.355 e. The Kier molecular flexibility index (Phi) is 5.38. The molecule has 0 fully saturated rings. The second-order valence-electron chi connectivity index (χ2n) is 6.24. The van der Waals surface area contributed by atoms with Crippen molar-refractivity contribution in [2.45, 2.75) is 12.5 Å². The number of benzene rings is 1. The number of nitrogens with zero attached hydrogens (tertiary/aromatic N) is 4. The lowest BCUT2D eigenvalue weighted by atomic mass is 10.1. The molecule has 0 bridgehead atoms. The number of fused-ring (bicyclic) bond motifs is 1. The van der Waals surface area contributed by atoms with Crippen LogP contribution in [0.2, 0.25) is 0 Å². The van der Waals surface area contributed by atoms with E-state index in [-0.39, 0.29) is 17.6 Å². The first-order chi connectivity index (χ1) is 13.8. The first-order valence-electron chi connectivity index (χ1n) is 8.88. The number of thioether (sulfide) groups is 1. The van der Waals surface area contributed by atoms with Crippen LogP contribution in [0, 0.1) is 0 Å². The lowest BCUT2D eigenvalue weighted by Crippen LogP contribution is -2.30. The zero-order valence-electron chi connectivity index (χ0n) is 15.3. The molecule has 7 nitrogen and oxygen atoms in total. The summed E-state index contributed by atoms with van der Waals surface area (Å²) in [5, 5.41) is 15.4. The molecule has 28 heavy (non-hydrogen) atoms. The molecule has 0 saturated heterocycles. The molecule has 1 atom stereocenters. The van der Waals surface area contributed by atoms with E-state index in [1.165, 1.54) is 0 Å². The smallest absolute Gasteiger partial charge is 0.274 e. The number of hydrogen-bond acceptors (Lipinski definition) is 6. The molecule has 1 N–H and O–H groups in total. The quantitative estimate of drug-likeness (QED) is 0.516. The van der Waals surface area contributed by atoms with E-state index in [1.54, 1.807) is 17.8 Å². The molecule has 0 aliphatic heterocycles. The van der Waals surface area contributed by atoms with E-state index >= 15 is 0 Å². The molecular weight excluding hydrogens is 374 g/mol. The van der Waals surface area contributed by atoms with Gasteiger partial charge in [-0.2, -0.15) is 11.8 Å². The summed E-state index contributed by atoms with van der Waals surface area (Å²) in [6.45, 7) is 0. The molecule has 8 heteroatoms. The molecule has 0 radical (unpaired) electrons. The maximum Gasteiger partial charge on any atom is 0.274 e. The average molecular weight is 393 g/mol. The summed E-state index contributed by atoms with van der Waals surface area (Å²) in [4.78, 5) is 12.8. The molecule has 1 amide bonds. The van der Waals surface area contributed by atoms with E-state index in [4.69, 9.17) is 4.52 Å². The number of rotatable bonds is 7. The highest BCUT2D eigenvalue weighted by Gasteiger charge is 2.22. The predicted molar refractivity (Wildman–Crippen MR) is 108 cm³/mol. The summed E-state index contributed by atoms with van der Waals surface area (Å²) in [5.41, 5.74) is 1.85. The Labute approximate surface area is 166 Å². The van der Waals surface area contributed by atoms with E-state index < -0.39 is 0 Å². The van der Waals surface area contributed by atoms with Gasteiger partial charge >= 0.3 is 0 Å². The van der Waals surface area contributed by atoms with Crippen LogP contribution in [0.1, 0.15) is 28.8 Å². The topological polar surface area (TPSA) is 85.3 Å². The number of amides is 1. The zero-order valence-corrected chi connectivity index (χ0v) is 16.1. The molecule has 4 rings (SSSR count). The standard InChI is InChI=1S/C20H19N5O2S/c1-28-12-10-15(19-23-22-18-9-5-6-11-25(18)19)21-20(26)16-13-17(27-24-16)14-7-3-2-4-8-14/h2-9,11,13,15H,10,12H2,1H3,(H,21,26). The van der Waals surface area contributed by atoms with Crippen molar-refractivity contribution in [3.63, 3.8) is 0 Å². The third-order valence-electron chi connectivity index (χ3n) is 4.37. The summed E-state index contributed by atoms with van der Waals surface area (Å²) in [7, 11) is 0. The van der Waals surface area contributed by atoms with Gasteiger partial charge in [0, 0.05) is 17.8 Å². The summed E-state index contributed by atoms with van der Waals surface area (Å²) in [6.07, 6.45) is 4.66. The van der Waals surface area contributed by atoms with Crippen LogP contribution in [0.5, 0.6) is 0 Å².